The Kier molecular flexibility index (Phi) is 2.71. The average molecular weight is 200 g/mol. The van der Waals surface area contributed by atoms with Gasteiger partial charge in [0.1, 0.15) is 0 Å². The minimum absolute atomic E-state index is 0.0392. The largest absolute Gasteiger partial charge is 0.387 e. The van der Waals surface area contributed by atoms with Crippen molar-refractivity contribution in [3.8, 4) is 0 Å². The van der Waals surface area contributed by atoms with E-state index in [4.69, 9.17) is 4.74 Å². The third-order valence-corrected chi connectivity index (χ3v) is 2.75. The standard InChI is InChI=1S/C9H16N2O3/c12-8(5-9(13)6-10-7-9)11-1-3-14-4-2-11/h10,13H,1-7H2. The molecule has 80 valence electrons. The third kappa shape index (κ3) is 2.05. The number of nitrogens with zero attached hydrogens (tertiary/aromatic N) is 1. The van der Waals surface area contributed by atoms with Crippen LogP contribution in [0.15, 0.2) is 0 Å². The van der Waals surface area contributed by atoms with Crippen molar-refractivity contribution >= 4 is 5.91 Å². The maximum Gasteiger partial charge on any atom is 0.225 e. The summed E-state index contributed by atoms with van der Waals surface area (Å²) in [7, 11) is 0. The first-order valence-corrected chi connectivity index (χ1v) is 4.98. The number of carbonyl (C=O) groups excluding carboxylic acids is 1. The van der Waals surface area contributed by atoms with E-state index in [1.54, 1.807) is 4.90 Å². The van der Waals surface area contributed by atoms with Gasteiger partial charge in [-0.2, -0.15) is 0 Å². The number of morpholine rings is 1. The Hall–Kier alpha value is -0.650. The number of rotatable bonds is 2. The topological polar surface area (TPSA) is 61.8 Å². The first-order valence-electron chi connectivity index (χ1n) is 4.98. The molecule has 0 bridgehead atoms. The van der Waals surface area contributed by atoms with E-state index in [1.807, 2.05) is 0 Å². The first-order chi connectivity index (χ1) is 6.70. The summed E-state index contributed by atoms with van der Waals surface area (Å²) in [6, 6.07) is 0. The quantitative estimate of drug-likeness (QED) is 0.573. The van der Waals surface area contributed by atoms with Crippen molar-refractivity contribution in [3.63, 3.8) is 0 Å². The SMILES string of the molecule is O=C(CC1(O)CNC1)N1CCOCC1. The molecule has 2 N–H and O–H groups in total. The molecule has 5 nitrogen and oxygen atoms in total. The molecule has 0 radical (unpaired) electrons. The third-order valence-electron chi connectivity index (χ3n) is 2.75. The molecule has 0 saturated carbocycles. The van der Waals surface area contributed by atoms with E-state index in [2.05, 4.69) is 5.32 Å². The predicted octanol–water partition coefficient (Wildman–Crippen LogP) is -1.43. The molecule has 2 aliphatic rings. The molecule has 0 atom stereocenters. The van der Waals surface area contributed by atoms with Crippen LogP contribution in [-0.4, -0.2) is 60.9 Å². The number of aliphatic hydroxyl groups is 1. The number of amides is 1. The second-order valence-corrected chi connectivity index (χ2v) is 4.00. The number of carbonyl (C=O) groups is 1. The first kappa shape index (κ1) is 9.89. The van der Waals surface area contributed by atoms with Gasteiger partial charge in [-0.15, -0.1) is 0 Å². The normalized spacial score (nSPS) is 25.6. The van der Waals surface area contributed by atoms with E-state index in [-0.39, 0.29) is 12.3 Å². The second-order valence-electron chi connectivity index (χ2n) is 4.00. The van der Waals surface area contributed by atoms with Crippen molar-refractivity contribution < 1.29 is 14.6 Å². The molecule has 0 aromatic rings. The fraction of sp³-hybridized carbons (Fsp3) is 0.889. The molecule has 5 heteroatoms. The molecule has 0 aliphatic carbocycles. The Morgan fingerprint density at radius 1 is 1.43 bits per heavy atom. The van der Waals surface area contributed by atoms with Crippen LogP contribution in [0.25, 0.3) is 0 Å². The van der Waals surface area contributed by atoms with Gasteiger partial charge in [0.05, 0.1) is 25.2 Å². The lowest BCUT2D eigenvalue weighted by atomic mass is 9.92. The number of hydrogen-bond acceptors (Lipinski definition) is 4. The van der Waals surface area contributed by atoms with Gasteiger partial charge >= 0.3 is 0 Å². The minimum atomic E-state index is -0.796. The van der Waals surface area contributed by atoms with Crippen molar-refractivity contribution in [1.29, 1.82) is 0 Å². The second kappa shape index (κ2) is 3.84. The Morgan fingerprint density at radius 2 is 2.07 bits per heavy atom. The van der Waals surface area contributed by atoms with E-state index < -0.39 is 5.60 Å². The van der Waals surface area contributed by atoms with Crippen LogP contribution in [0, 0.1) is 0 Å². The molecule has 0 spiro atoms. The Labute approximate surface area is 83.0 Å². The van der Waals surface area contributed by atoms with Gasteiger partial charge in [-0.1, -0.05) is 0 Å². The zero-order valence-electron chi connectivity index (χ0n) is 8.16. The van der Waals surface area contributed by atoms with Gasteiger partial charge in [0.2, 0.25) is 5.91 Å². The van der Waals surface area contributed by atoms with Crippen LogP contribution in [0.2, 0.25) is 0 Å². The van der Waals surface area contributed by atoms with Crippen molar-refractivity contribution in [2.75, 3.05) is 39.4 Å². The molecule has 2 rings (SSSR count). The Balaban J connectivity index is 1.81. The van der Waals surface area contributed by atoms with Crippen LogP contribution < -0.4 is 5.32 Å². The van der Waals surface area contributed by atoms with Crippen LogP contribution in [0.5, 0.6) is 0 Å². The molecular weight excluding hydrogens is 184 g/mol. The van der Waals surface area contributed by atoms with Crippen LogP contribution in [0.3, 0.4) is 0 Å². The van der Waals surface area contributed by atoms with Crippen molar-refractivity contribution in [2.24, 2.45) is 0 Å². The number of hydrogen-bond donors (Lipinski definition) is 2. The van der Waals surface area contributed by atoms with E-state index >= 15 is 0 Å². The molecule has 2 heterocycles. The summed E-state index contributed by atoms with van der Waals surface area (Å²) in [5.74, 6) is 0.0392. The smallest absolute Gasteiger partial charge is 0.225 e. The van der Waals surface area contributed by atoms with Gasteiger partial charge in [-0.25, -0.2) is 0 Å². The molecule has 1 amide bonds. The van der Waals surface area contributed by atoms with Gasteiger partial charge in [0.15, 0.2) is 0 Å². The molecule has 0 unspecified atom stereocenters. The maximum absolute atomic E-state index is 11.7. The van der Waals surface area contributed by atoms with Crippen LogP contribution >= 0.6 is 0 Å². The highest BCUT2D eigenvalue weighted by atomic mass is 16.5. The zero-order chi connectivity index (χ0) is 10.0. The Bertz CT molecular complexity index is 222. The van der Waals surface area contributed by atoms with E-state index in [1.165, 1.54) is 0 Å². The number of nitrogens with one attached hydrogen (secondary N) is 1. The summed E-state index contributed by atoms with van der Waals surface area (Å²) < 4.78 is 5.15. The fourth-order valence-corrected chi connectivity index (χ4v) is 1.74. The summed E-state index contributed by atoms with van der Waals surface area (Å²) in [5.41, 5.74) is -0.796. The lowest BCUT2D eigenvalue weighted by Gasteiger charge is -2.39. The summed E-state index contributed by atoms with van der Waals surface area (Å²) in [6.45, 7) is 3.60. The van der Waals surface area contributed by atoms with Crippen LogP contribution in [-0.2, 0) is 9.53 Å². The summed E-state index contributed by atoms with van der Waals surface area (Å²) in [4.78, 5) is 13.5. The highest BCUT2D eigenvalue weighted by molar-refractivity contribution is 5.77. The van der Waals surface area contributed by atoms with Crippen molar-refractivity contribution in [1.82, 2.24) is 10.2 Å². The lowest BCUT2D eigenvalue weighted by Crippen LogP contribution is -2.61. The van der Waals surface area contributed by atoms with E-state index in [0.29, 0.717) is 39.4 Å². The van der Waals surface area contributed by atoms with Gasteiger partial charge in [0, 0.05) is 26.2 Å². The summed E-state index contributed by atoms with van der Waals surface area (Å²) in [5, 5.41) is 12.7. The van der Waals surface area contributed by atoms with E-state index in [0.717, 1.165) is 0 Å². The van der Waals surface area contributed by atoms with Crippen LogP contribution in [0.4, 0.5) is 0 Å². The Morgan fingerprint density at radius 3 is 2.57 bits per heavy atom. The summed E-state index contributed by atoms with van der Waals surface area (Å²) >= 11 is 0. The van der Waals surface area contributed by atoms with Crippen molar-refractivity contribution in [3.05, 3.63) is 0 Å². The number of β-amino-alcohol motifs (C(OH)–C–C–N with tert-alkyl or cyclic N) is 1. The van der Waals surface area contributed by atoms with E-state index in [9.17, 15) is 9.90 Å². The average Bonchev–Trinajstić information content (AvgIpc) is 2.17. The lowest BCUT2D eigenvalue weighted by molar-refractivity contribution is -0.142. The molecule has 14 heavy (non-hydrogen) atoms. The summed E-state index contributed by atoms with van der Waals surface area (Å²) in [6.07, 6.45) is 0.236. The van der Waals surface area contributed by atoms with Gasteiger partial charge in [-0.3, -0.25) is 4.79 Å². The predicted molar refractivity (Wildman–Crippen MR) is 49.8 cm³/mol. The highest BCUT2D eigenvalue weighted by Crippen LogP contribution is 2.17. The molecule has 0 aromatic heterocycles. The maximum atomic E-state index is 11.7. The minimum Gasteiger partial charge on any atom is -0.387 e. The highest BCUT2D eigenvalue weighted by Gasteiger charge is 2.37. The monoisotopic (exact) mass is 200 g/mol. The van der Waals surface area contributed by atoms with Crippen LogP contribution in [0.1, 0.15) is 6.42 Å². The fourth-order valence-electron chi connectivity index (χ4n) is 1.74. The molecule has 0 aromatic carbocycles. The van der Waals surface area contributed by atoms with Gasteiger partial charge in [-0.05, 0) is 0 Å². The van der Waals surface area contributed by atoms with Gasteiger partial charge < -0.3 is 20.1 Å². The zero-order valence-corrected chi connectivity index (χ0v) is 8.16. The van der Waals surface area contributed by atoms with Crippen molar-refractivity contribution in [2.45, 2.75) is 12.0 Å². The molecule has 2 fully saturated rings. The van der Waals surface area contributed by atoms with Gasteiger partial charge in [0.25, 0.3) is 0 Å². The molecule has 2 saturated heterocycles. The molecule has 2 aliphatic heterocycles. The molecular formula is C9H16N2O3. The number of ether oxygens (including phenoxy) is 1.